The fourth-order valence-corrected chi connectivity index (χ4v) is 15.2. The number of aromatic nitrogens is 2. The third kappa shape index (κ3) is 7.79. The molecule has 10 nitrogen and oxygen atoms in total. The van der Waals surface area contributed by atoms with Crippen molar-refractivity contribution in [3.63, 3.8) is 0 Å². The number of nitrogens with zero attached hydrogens (tertiary/aromatic N) is 1. The Balaban J connectivity index is 0.000000453. The van der Waals surface area contributed by atoms with E-state index in [9.17, 15) is 29.1 Å². The molecule has 10 heteroatoms. The van der Waals surface area contributed by atoms with Gasteiger partial charge >= 0.3 is 5.97 Å². The molecule has 62 heavy (non-hydrogen) atoms. The first-order valence-corrected chi connectivity index (χ1v) is 24.0. The van der Waals surface area contributed by atoms with Gasteiger partial charge in [0.1, 0.15) is 17.1 Å². The Kier molecular flexibility index (Phi) is 12.4. The Labute approximate surface area is 370 Å². The van der Waals surface area contributed by atoms with Crippen LogP contribution in [-0.2, 0) is 24.0 Å². The van der Waals surface area contributed by atoms with E-state index in [1.54, 1.807) is 13.8 Å². The van der Waals surface area contributed by atoms with Gasteiger partial charge in [-0.1, -0.05) is 60.1 Å². The number of carboxylic acids is 1. The second-order valence-electron chi connectivity index (χ2n) is 23.0. The molecule has 5 saturated carbocycles. The monoisotopic (exact) mass is 853 g/mol. The lowest BCUT2D eigenvalue weighted by molar-refractivity contribution is -0.193. The smallest absolute Gasteiger partial charge is 0.306 e. The molecule has 5 fully saturated rings. The molecule has 0 radical (unpaired) electrons. The van der Waals surface area contributed by atoms with Gasteiger partial charge in [-0.3, -0.25) is 24.0 Å². The van der Waals surface area contributed by atoms with Crippen LogP contribution in [-0.4, -0.2) is 57.0 Å². The molecule has 11 unspecified atom stereocenters. The molecule has 1 aromatic heterocycles. The van der Waals surface area contributed by atoms with Gasteiger partial charge < -0.3 is 20.7 Å². The van der Waals surface area contributed by atoms with Crippen LogP contribution in [0.25, 0.3) is 11.0 Å². The molecule has 0 saturated heterocycles. The Hall–Kier alpha value is -3.82. The minimum atomic E-state index is -0.990. The zero-order chi connectivity index (χ0) is 45.3. The number of fused-ring (bicyclic) bond motifs is 8. The van der Waals surface area contributed by atoms with E-state index in [0.29, 0.717) is 67.6 Å². The molecule has 8 rings (SSSR count). The van der Waals surface area contributed by atoms with Crippen LogP contribution in [0.2, 0.25) is 0 Å². The average molecular weight is 853 g/mol. The van der Waals surface area contributed by atoms with Crippen LogP contribution >= 0.6 is 0 Å². The molecule has 2 aromatic rings. The van der Waals surface area contributed by atoms with Gasteiger partial charge in [0.15, 0.2) is 5.78 Å². The van der Waals surface area contributed by atoms with E-state index in [1.807, 2.05) is 19.9 Å². The summed E-state index contributed by atoms with van der Waals surface area (Å²) in [6, 6.07) is 6.21. The fraction of sp³-hybridized carbons (Fsp3) is 0.731. The number of imidazole rings is 1. The van der Waals surface area contributed by atoms with Crippen molar-refractivity contribution >= 4 is 40.9 Å². The van der Waals surface area contributed by atoms with Gasteiger partial charge in [-0.05, 0) is 173 Å². The summed E-state index contributed by atoms with van der Waals surface area (Å²) in [5.74, 6) is 2.64. The summed E-state index contributed by atoms with van der Waals surface area (Å²) in [5.41, 5.74) is 5.17. The third-order valence-corrected chi connectivity index (χ3v) is 18.6. The van der Waals surface area contributed by atoms with Crippen LogP contribution in [0, 0.1) is 88.8 Å². The number of aromatic amines is 1. The Morgan fingerprint density at radius 2 is 1.68 bits per heavy atom. The van der Waals surface area contributed by atoms with Crippen LogP contribution in [0.1, 0.15) is 151 Å². The number of allylic oxidation sites excluding steroid dienone is 2. The number of aliphatic carboxylic acids is 1. The van der Waals surface area contributed by atoms with E-state index in [2.05, 4.69) is 81.2 Å². The highest BCUT2D eigenvalue weighted by Gasteiger charge is 2.66. The summed E-state index contributed by atoms with van der Waals surface area (Å²) < 4.78 is 0. The van der Waals surface area contributed by atoms with Gasteiger partial charge in [0.2, 0.25) is 12.3 Å². The maximum atomic E-state index is 13.9. The van der Waals surface area contributed by atoms with Crippen molar-refractivity contribution in [1.82, 2.24) is 20.6 Å². The van der Waals surface area contributed by atoms with Crippen molar-refractivity contribution in [1.29, 1.82) is 0 Å². The molecular weight excluding hydrogens is 777 g/mol. The number of nitrogens with one attached hydrogen (secondary N) is 3. The first-order valence-electron chi connectivity index (χ1n) is 24.0. The highest BCUT2D eigenvalue weighted by atomic mass is 16.4. The van der Waals surface area contributed by atoms with Gasteiger partial charge in [0.05, 0.1) is 17.0 Å². The quantitative estimate of drug-likeness (QED) is 0.164. The molecule has 1 aromatic carbocycles. The van der Waals surface area contributed by atoms with E-state index in [1.165, 1.54) is 30.4 Å². The number of hydrogen-bond donors (Lipinski definition) is 4. The highest BCUT2D eigenvalue weighted by molar-refractivity contribution is 6.00. The molecule has 2 amide bonds. The van der Waals surface area contributed by atoms with Crippen LogP contribution < -0.4 is 10.6 Å². The number of aryl methyl sites for hydroxylation is 2. The standard InChI is InChI=1S/C43H66N2O6.C9H10N2/c1-24(2)35-32(48)22-43(18-19-44-38(51)40(6,7)45-23-46)17-13-30-27(36(35)43)10-11-34-41(30,8)16-14-33-39(4,5)26(12-15-42(33,34)9)20-31(47)28-21-29(25(28)3)37(49)50;1-6-3-4-8-9(5-6)11-7(2)10-8/h23-30,33-34H,10-22H2,1-9H3,(H,44,51)(H,45,46)(H,49,50);3-5H,1-2H3,(H,10,11). The molecular formula is C52H76N4O6. The number of amides is 2. The highest BCUT2D eigenvalue weighted by Crippen LogP contribution is 2.74. The Bertz CT molecular complexity index is 2130. The molecule has 340 valence electrons. The third-order valence-electron chi connectivity index (χ3n) is 18.6. The predicted octanol–water partition coefficient (Wildman–Crippen LogP) is 9.72. The van der Waals surface area contributed by atoms with Crippen molar-refractivity contribution in [2.24, 2.45) is 74.9 Å². The maximum Gasteiger partial charge on any atom is 0.306 e. The Morgan fingerprint density at radius 3 is 2.34 bits per heavy atom. The van der Waals surface area contributed by atoms with Crippen LogP contribution in [0.15, 0.2) is 29.3 Å². The topological polar surface area (TPSA) is 158 Å². The minimum absolute atomic E-state index is 0.0349. The van der Waals surface area contributed by atoms with Crippen LogP contribution in [0.5, 0.6) is 0 Å². The van der Waals surface area contributed by atoms with Gasteiger partial charge in [-0.25, -0.2) is 4.98 Å². The molecule has 6 aliphatic carbocycles. The number of H-pyrrole nitrogens is 1. The lowest BCUT2D eigenvalue weighted by Gasteiger charge is -2.69. The fourth-order valence-electron chi connectivity index (χ4n) is 15.2. The number of hydrogen-bond acceptors (Lipinski definition) is 6. The molecule has 0 spiro atoms. The molecule has 1 heterocycles. The largest absolute Gasteiger partial charge is 0.481 e. The van der Waals surface area contributed by atoms with Crippen LogP contribution in [0.3, 0.4) is 0 Å². The number of Topliss-reactive ketones (excluding diaryl/α,β-unsaturated/α-hetero) is 2. The number of carbonyl (C=O) groups excluding carboxylic acids is 4. The molecule has 0 aliphatic heterocycles. The van der Waals surface area contributed by atoms with Crippen molar-refractivity contribution in [2.45, 2.75) is 159 Å². The summed E-state index contributed by atoms with van der Waals surface area (Å²) in [6.45, 7) is 24.3. The first kappa shape index (κ1) is 46.2. The van der Waals surface area contributed by atoms with Crippen molar-refractivity contribution < 1.29 is 29.1 Å². The lowest BCUT2D eigenvalue weighted by Crippen LogP contribution is -2.62. The van der Waals surface area contributed by atoms with Crippen LogP contribution in [0.4, 0.5) is 0 Å². The molecule has 6 aliphatic rings. The normalized spacial score (nSPS) is 36.0. The molecule has 4 N–H and O–H groups in total. The minimum Gasteiger partial charge on any atom is -0.481 e. The maximum absolute atomic E-state index is 13.9. The van der Waals surface area contributed by atoms with Crippen molar-refractivity contribution in [3.05, 3.63) is 40.7 Å². The Morgan fingerprint density at radius 1 is 0.968 bits per heavy atom. The zero-order valence-corrected chi connectivity index (χ0v) is 39.6. The van der Waals surface area contributed by atoms with Gasteiger partial charge in [0, 0.05) is 30.7 Å². The number of benzene rings is 1. The van der Waals surface area contributed by atoms with E-state index < -0.39 is 11.5 Å². The predicted molar refractivity (Wildman–Crippen MR) is 243 cm³/mol. The molecule has 11 atom stereocenters. The summed E-state index contributed by atoms with van der Waals surface area (Å²) >= 11 is 0. The number of rotatable bonds is 11. The van der Waals surface area contributed by atoms with Crippen molar-refractivity contribution in [3.8, 4) is 0 Å². The van der Waals surface area contributed by atoms with Gasteiger partial charge in [-0.2, -0.15) is 0 Å². The van der Waals surface area contributed by atoms with Gasteiger partial charge in [-0.15, -0.1) is 0 Å². The number of ketones is 2. The summed E-state index contributed by atoms with van der Waals surface area (Å²) in [5, 5.41) is 15.2. The number of carboxylic acid groups (broad SMARTS) is 1. The van der Waals surface area contributed by atoms with Crippen molar-refractivity contribution in [2.75, 3.05) is 6.54 Å². The average Bonchev–Trinajstić information content (AvgIpc) is 3.70. The lowest BCUT2D eigenvalue weighted by atomic mass is 9.35. The van der Waals surface area contributed by atoms with E-state index >= 15 is 0 Å². The second-order valence-corrected chi connectivity index (χ2v) is 23.0. The number of carbonyl (C=O) groups is 5. The van der Waals surface area contributed by atoms with E-state index in [0.717, 1.165) is 61.0 Å². The van der Waals surface area contributed by atoms with E-state index in [-0.39, 0.29) is 57.0 Å². The summed E-state index contributed by atoms with van der Waals surface area (Å²) in [7, 11) is 0. The van der Waals surface area contributed by atoms with E-state index in [4.69, 9.17) is 0 Å². The van der Waals surface area contributed by atoms with Gasteiger partial charge in [0.25, 0.3) is 0 Å². The summed E-state index contributed by atoms with van der Waals surface area (Å²) in [4.78, 5) is 70.5. The zero-order valence-electron chi connectivity index (χ0n) is 39.6. The first-order chi connectivity index (χ1) is 29.0. The summed E-state index contributed by atoms with van der Waals surface area (Å²) in [6.07, 6.45) is 11.9. The second kappa shape index (κ2) is 16.6. The molecule has 0 bridgehead atoms. The SMILES string of the molecule is CC(C)C1=C2C3CCC4C(C)(CCC5C(C)(C)C(CC(=O)C6CC(C(=O)O)C6C)CCC54C)C3CCC2(CCNC(=O)C(C)(C)NC=O)CC1=O.Cc1ccc2nc(C)[nH]c2c1.